The first-order chi connectivity index (χ1) is 7.50. The fourth-order valence-electron chi connectivity index (χ4n) is 1.43. The number of carboxylic acids is 1. The zero-order valence-electron chi connectivity index (χ0n) is 10.1. The van der Waals surface area contributed by atoms with Crippen molar-refractivity contribution in [3.63, 3.8) is 0 Å². The Balaban J connectivity index is 2.43. The number of nitrogens with one attached hydrogen (secondary N) is 1. The summed E-state index contributed by atoms with van der Waals surface area (Å²) in [6.07, 6.45) is 0. The highest BCUT2D eigenvalue weighted by molar-refractivity contribution is 5.69. The van der Waals surface area contributed by atoms with Crippen LogP contribution in [0.25, 0.3) is 0 Å². The molecule has 0 amide bonds. The Labute approximate surface area is 96.5 Å². The monoisotopic (exact) mass is 221 g/mol. The van der Waals surface area contributed by atoms with E-state index >= 15 is 0 Å². The molecule has 0 aromatic heterocycles. The average molecular weight is 221 g/mol. The van der Waals surface area contributed by atoms with Crippen LogP contribution < -0.4 is 5.32 Å². The number of benzene rings is 1. The predicted molar refractivity (Wildman–Crippen MR) is 64.4 cm³/mol. The van der Waals surface area contributed by atoms with E-state index in [9.17, 15) is 4.79 Å². The van der Waals surface area contributed by atoms with Crippen LogP contribution in [0.15, 0.2) is 18.2 Å². The van der Waals surface area contributed by atoms with Gasteiger partial charge in [0.1, 0.15) is 0 Å². The minimum absolute atomic E-state index is 0.341. The number of hydrogen-bond donors (Lipinski definition) is 2. The quantitative estimate of drug-likeness (QED) is 0.800. The largest absolute Gasteiger partial charge is 0.481 e. The van der Waals surface area contributed by atoms with E-state index in [0.717, 1.165) is 6.54 Å². The topological polar surface area (TPSA) is 49.3 Å². The standard InChI is InChI=1S/C13H19NO2/c1-9-4-5-12(6-10(9)2)8-14-7-11(3)13(15)16/h4-6,11,14H,7-8H2,1-3H3,(H,15,16). The van der Waals surface area contributed by atoms with Gasteiger partial charge in [-0.1, -0.05) is 25.1 Å². The van der Waals surface area contributed by atoms with Crippen LogP contribution in [0, 0.1) is 19.8 Å². The van der Waals surface area contributed by atoms with Gasteiger partial charge in [-0.3, -0.25) is 4.79 Å². The molecule has 0 saturated heterocycles. The molecule has 1 aromatic carbocycles. The third-order valence-corrected chi connectivity index (χ3v) is 2.77. The molecule has 88 valence electrons. The van der Waals surface area contributed by atoms with Crippen molar-refractivity contribution < 1.29 is 9.90 Å². The van der Waals surface area contributed by atoms with Crippen molar-refractivity contribution in [3.8, 4) is 0 Å². The second-order valence-electron chi connectivity index (χ2n) is 4.29. The zero-order valence-corrected chi connectivity index (χ0v) is 10.1. The predicted octanol–water partition coefficient (Wildman–Crippen LogP) is 2.11. The zero-order chi connectivity index (χ0) is 12.1. The van der Waals surface area contributed by atoms with E-state index in [2.05, 4.69) is 37.4 Å². The number of rotatable bonds is 5. The summed E-state index contributed by atoms with van der Waals surface area (Å²) in [7, 11) is 0. The van der Waals surface area contributed by atoms with Gasteiger partial charge in [-0.2, -0.15) is 0 Å². The van der Waals surface area contributed by atoms with Crippen molar-refractivity contribution in [3.05, 3.63) is 34.9 Å². The highest BCUT2D eigenvalue weighted by atomic mass is 16.4. The van der Waals surface area contributed by atoms with Crippen LogP contribution in [0.5, 0.6) is 0 Å². The molecule has 0 radical (unpaired) electrons. The summed E-state index contributed by atoms with van der Waals surface area (Å²) in [5, 5.41) is 11.9. The SMILES string of the molecule is Cc1ccc(CNCC(C)C(=O)O)cc1C. The van der Waals surface area contributed by atoms with Crippen LogP contribution in [-0.2, 0) is 11.3 Å². The van der Waals surface area contributed by atoms with Gasteiger partial charge >= 0.3 is 5.97 Å². The molecule has 0 spiro atoms. The normalized spacial score (nSPS) is 12.4. The van der Waals surface area contributed by atoms with Crippen LogP contribution in [0.3, 0.4) is 0 Å². The van der Waals surface area contributed by atoms with E-state index in [0.29, 0.717) is 6.54 Å². The molecule has 16 heavy (non-hydrogen) atoms. The minimum atomic E-state index is -0.757. The molecule has 0 heterocycles. The lowest BCUT2D eigenvalue weighted by atomic mass is 10.1. The summed E-state index contributed by atoms with van der Waals surface area (Å²) < 4.78 is 0. The van der Waals surface area contributed by atoms with E-state index in [-0.39, 0.29) is 5.92 Å². The summed E-state index contributed by atoms with van der Waals surface area (Å²) in [6, 6.07) is 6.29. The number of aliphatic carboxylic acids is 1. The van der Waals surface area contributed by atoms with Crippen LogP contribution in [0.2, 0.25) is 0 Å². The molecule has 1 rings (SSSR count). The van der Waals surface area contributed by atoms with Gasteiger partial charge in [-0.25, -0.2) is 0 Å². The maximum absolute atomic E-state index is 10.6. The van der Waals surface area contributed by atoms with Crippen molar-refractivity contribution in [1.82, 2.24) is 5.32 Å². The Morgan fingerprint density at radius 3 is 2.62 bits per heavy atom. The molecule has 0 aliphatic heterocycles. The van der Waals surface area contributed by atoms with Gasteiger partial charge < -0.3 is 10.4 Å². The summed E-state index contributed by atoms with van der Waals surface area (Å²) in [5.74, 6) is -1.10. The third kappa shape index (κ3) is 3.66. The van der Waals surface area contributed by atoms with Crippen LogP contribution >= 0.6 is 0 Å². The van der Waals surface area contributed by atoms with E-state index in [1.54, 1.807) is 6.92 Å². The van der Waals surface area contributed by atoms with Gasteiger partial charge in [-0.05, 0) is 30.5 Å². The van der Waals surface area contributed by atoms with E-state index in [4.69, 9.17) is 5.11 Å². The Hall–Kier alpha value is -1.35. The van der Waals surface area contributed by atoms with Gasteiger partial charge in [0, 0.05) is 13.1 Å². The molecular weight excluding hydrogens is 202 g/mol. The molecule has 2 N–H and O–H groups in total. The molecule has 0 bridgehead atoms. The van der Waals surface area contributed by atoms with Gasteiger partial charge in [0.2, 0.25) is 0 Å². The number of hydrogen-bond acceptors (Lipinski definition) is 2. The summed E-state index contributed by atoms with van der Waals surface area (Å²) in [4.78, 5) is 10.6. The van der Waals surface area contributed by atoms with Gasteiger partial charge in [0.05, 0.1) is 5.92 Å². The molecule has 1 unspecified atom stereocenters. The minimum Gasteiger partial charge on any atom is -0.481 e. The van der Waals surface area contributed by atoms with E-state index in [1.807, 2.05) is 0 Å². The molecular formula is C13H19NO2. The average Bonchev–Trinajstić information content (AvgIpc) is 2.23. The second-order valence-corrected chi connectivity index (χ2v) is 4.29. The molecule has 0 saturated carbocycles. The van der Waals surface area contributed by atoms with Crippen LogP contribution in [0.4, 0.5) is 0 Å². The Morgan fingerprint density at radius 2 is 2.06 bits per heavy atom. The highest BCUT2D eigenvalue weighted by Gasteiger charge is 2.09. The summed E-state index contributed by atoms with van der Waals surface area (Å²) in [6.45, 7) is 7.09. The fourth-order valence-corrected chi connectivity index (χ4v) is 1.43. The van der Waals surface area contributed by atoms with Crippen molar-refractivity contribution in [2.24, 2.45) is 5.92 Å². The van der Waals surface area contributed by atoms with Crippen molar-refractivity contribution in [1.29, 1.82) is 0 Å². The van der Waals surface area contributed by atoms with E-state index in [1.165, 1.54) is 16.7 Å². The Kier molecular flexibility index (Phi) is 4.50. The summed E-state index contributed by atoms with van der Waals surface area (Å²) >= 11 is 0. The van der Waals surface area contributed by atoms with Crippen molar-refractivity contribution in [2.45, 2.75) is 27.3 Å². The van der Waals surface area contributed by atoms with Gasteiger partial charge in [0.25, 0.3) is 0 Å². The maximum atomic E-state index is 10.6. The third-order valence-electron chi connectivity index (χ3n) is 2.77. The molecule has 1 atom stereocenters. The first kappa shape index (κ1) is 12.7. The molecule has 1 aromatic rings. The van der Waals surface area contributed by atoms with Crippen molar-refractivity contribution >= 4 is 5.97 Å². The number of carbonyl (C=O) groups is 1. The Morgan fingerprint density at radius 1 is 1.38 bits per heavy atom. The van der Waals surface area contributed by atoms with Crippen molar-refractivity contribution in [2.75, 3.05) is 6.54 Å². The van der Waals surface area contributed by atoms with Gasteiger partial charge in [0.15, 0.2) is 0 Å². The number of aryl methyl sites for hydroxylation is 2. The Bertz CT molecular complexity index is 374. The summed E-state index contributed by atoms with van der Waals surface area (Å²) in [5.41, 5.74) is 3.74. The molecule has 3 heteroatoms. The first-order valence-electron chi connectivity index (χ1n) is 5.50. The number of carboxylic acid groups (broad SMARTS) is 1. The van der Waals surface area contributed by atoms with E-state index < -0.39 is 5.97 Å². The fraction of sp³-hybridized carbons (Fsp3) is 0.462. The lowest BCUT2D eigenvalue weighted by molar-refractivity contribution is -0.140. The molecule has 3 nitrogen and oxygen atoms in total. The van der Waals surface area contributed by atoms with Gasteiger partial charge in [-0.15, -0.1) is 0 Å². The second kappa shape index (κ2) is 5.66. The maximum Gasteiger partial charge on any atom is 0.307 e. The van der Waals surface area contributed by atoms with Crippen LogP contribution in [0.1, 0.15) is 23.6 Å². The first-order valence-corrected chi connectivity index (χ1v) is 5.50. The molecule has 0 aliphatic rings. The highest BCUT2D eigenvalue weighted by Crippen LogP contribution is 2.09. The lowest BCUT2D eigenvalue weighted by Gasteiger charge is -2.09. The molecule has 0 aliphatic carbocycles. The lowest BCUT2D eigenvalue weighted by Crippen LogP contribution is -2.25. The smallest absolute Gasteiger partial charge is 0.307 e. The van der Waals surface area contributed by atoms with Crippen LogP contribution in [-0.4, -0.2) is 17.6 Å². The molecule has 0 fully saturated rings.